The maximum atomic E-state index is 12.7. The van der Waals surface area contributed by atoms with Crippen molar-refractivity contribution in [2.24, 2.45) is 0 Å². The molecule has 1 amide bonds. The van der Waals surface area contributed by atoms with Crippen molar-refractivity contribution in [3.8, 4) is 23.3 Å². The molecule has 0 aliphatic rings. The molecule has 0 aromatic heterocycles. The molecule has 0 heterocycles. The van der Waals surface area contributed by atoms with Crippen molar-refractivity contribution in [1.29, 1.82) is 5.26 Å². The summed E-state index contributed by atoms with van der Waals surface area (Å²) in [5, 5.41) is 12.2. The number of esters is 1. The summed E-state index contributed by atoms with van der Waals surface area (Å²) in [6.45, 7) is 5.77. The second-order valence-corrected chi connectivity index (χ2v) is 6.56. The van der Waals surface area contributed by atoms with E-state index in [1.807, 2.05) is 19.1 Å². The van der Waals surface area contributed by atoms with Crippen LogP contribution in [-0.2, 0) is 14.3 Å². The third kappa shape index (κ3) is 6.77. The summed E-state index contributed by atoms with van der Waals surface area (Å²) >= 11 is 0. The molecule has 0 radical (unpaired) electrons. The molecule has 2 aromatic carbocycles. The molecular formula is C24H26N2O6. The fourth-order valence-electron chi connectivity index (χ4n) is 2.77. The van der Waals surface area contributed by atoms with Crippen LogP contribution in [0, 0.1) is 18.3 Å². The molecule has 8 heteroatoms. The Hall–Kier alpha value is -3.99. The van der Waals surface area contributed by atoms with Crippen LogP contribution in [0.5, 0.6) is 17.2 Å². The first-order valence-electron chi connectivity index (χ1n) is 10.0. The number of carbonyl (C=O) groups is 2. The zero-order chi connectivity index (χ0) is 23.5. The number of rotatable bonds is 10. The summed E-state index contributed by atoms with van der Waals surface area (Å²) in [5.41, 5.74) is 1.86. The molecule has 168 valence electrons. The summed E-state index contributed by atoms with van der Waals surface area (Å²) in [7, 11) is 1.50. The number of hydrogen-bond acceptors (Lipinski definition) is 7. The van der Waals surface area contributed by atoms with Crippen LogP contribution in [0.25, 0.3) is 6.08 Å². The fourth-order valence-corrected chi connectivity index (χ4v) is 2.77. The van der Waals surface area contributed by atoms with Crippen LogP contribution in [0.15, 0.2) is 42.0 Å². The van der Waals surface area contributed by atoms with Crippen LogP contribution >= 0.6 is 0 Å². The van der Waals surface area contributed by atoms with E-state index in [9.17, 15) is 14.9 Å². The maximum absolute atomic E-state index is 12.7. The zero-order valence-electron chi connectivity index (χ0n) is 18.6. The number of nitrogens with one attached hydrogen (secondary N) is 1. The molecule has 2 aromatic rings. The van der Waals surface area contributed by atoms with Gasteiger partial charge in [-0.2, -0.15) is 5.26 Å². The van der Waals surface area contributed by atoms with Gasteiger partial charge in [-0.1, -0.05) is 12.1 Å². The molecule has 2 rings (SSSR count). The number of hydrogen-bond donors (Lipinski definition) is 1. The highest BCUT2D eigenvalue weighted by molar-refractivity contribution is 6.10. The molecule has 0 aliphatic heterocycles. The molecule has 0 saturated heterocycles. The van der Waals surface area contributed by atoms with E-state index in [-0.39, 0.29) is 18.8 Å². The van der Waals surface area contributed by atoms with E-state index in [0.717, 1.165) is 5.56 Å². The summed E-state index contributed by atoms with van der Waals surface area (Å²) in [6.07, 6.45) is 1.44. The summed E-state index contributed by atoms with van der Waals surface area (Å²) < 4.78 is 21.2. The standard InChI is InChI=1S/C24H26N2O6/c1-5-30-22-13-17(8-10-21(22)32-15-23(27)31-6-2)12-18(14-25)24(28)26-19-11-16(3)7-9-20(19)29-4/h7-13H,5-6,15H2,1-4H3,(H,26,28)/b18-12+. The van der Waals surface area contributed by atoms with Crippen molar-refractivity contribution in [1.82, 2.24) is 0 Å². The fraction of sp³-hybridized carbons (Fsp3) is 0.292. The van der Waals surface area contributed by atoms with E-state index in [1.54, 1.807) is 44.2 Å². The molecule has 0 bridgehead atoms. The Morgan fingerprint density at radius 3 is 2.44 bits per heavy atom. The third-order valence-corrected chi connectivity index (χ3v) is 4.20. The normalized spacial score (nSPS) is 10.7. The smallest absolute Gasteiger partial charge is 0.344 e. The Morgan fingerprint density at radius 2 is 1.78 bits per heavy atom. The van der Waals surface area contributed by atoms with Crippen molar-refractivity contribution in [3.63, 3.8) is 0 Å². The van der Waals surface area contributed by atoms with Crippen LogP contribution in [-0.4, -0.2) is 38.8 Å². The molecule has 0 unspecified atom stereocenters. The zero-order valence-corrected chi connectivity index (χ0v) is 18.6. The third-order valence-electron chi connectivity index (χ3n) is 4.20. The number of nitriles is 1. The molecule has 1 N–H and O–H groups in total. The molecule has 8 nitrogen and oxygen atoms in total. The number of amides is 1. The average Bonchev–Trinajstić information content (AvgIpc) is 2.77. The van der Waals surface area contributed by atoms with Gasteiger partial charge in [-0.3, -0.25) is 4.79 Å². The highest BCUT2D eigenvalue weighted by atomic mass is 16.6. The van der Waals surface area contributed by atoms with Crippen molar-refractivity contribution in [2.45, 2.75) is 20.8 Å². The van der Waals surface area contributed by atoms with Gasteiger partial charge in [0.25, 0.3) is 5.91 Å². The first kappa shape index (κ1) is 24.3. The lowest BCUT2D eigenvalue weighted by molar-refractivity contribution is -0.145. The van der Waals surface area contributed by atoms with Crippen LogP contribution in [0.4, 0.5) is 5.69 Å². The van der Waals surface area contributed by atoms with Gasteiger partial charge in [-0.15, -0.1) is 0 Å². The number of carbonyl (C=O) groups excluding carboxylic acids is 2. The van der Waals surface area contributed by atoms with Crippen LogP contribution < -0.4 is 19.5 Å². The number of nitrogens with zero attached hydrogens (tertiary/aromatic N) is 1. The quantitative estimate of drug-likeness (QED) is 0.341. The van der Waals surface area contributed by atoms with E-state index in [1.165, 1.54) is 13.2 Å². The predicted molar refractivity (Wildman–Crippen MR) is 120 cm³/mol. The first-order chi connectivity index (χ1) is 15.4. The highest BCUT2D eigenvalue weighted by Crippen LogP contribution is 2.30. The van der Waals surface area contributed by atoms with E-state index in [2.05, 4.69) is 5.32 Å². The van der Waals surface area contributed by atoms with Crippen molar-refractivity contribution < 1.29 is 28.5 Å². The maximum Gasteiger partial charge on any atom is 0.344 e. The summed E-state index contributed by atoms with van der Waals surface area (Å²) in [4.78, 5) is 24.2. The molecular weight excluding hydrogens is 412 g/mol. The highest BCUT2D eigenvalue weighted by Gasteiger charge is 2.14. The van der Waals surface area contributed by atoms with E-state index in [0.29, 0.717) is 35.1 Å². The molecule has 32 heavy (non-hydrogen) atoms. The van der Waals surface area contributed by atoms with Gasteiger partial charge < -0.3 is 24.3 Å². The Morgan fingerprint density at radius 1 is 1.03 bits per heavy atom. The van der Waals surface area contributed by atoms with Crippen LogP contribution in [0.3, 0.4) is 0 Å². The minimum absolute atomic E-state index is 0.101. The second kappa shape index (κ2) is 12.0. The van der Waals surface area contributed by atoms with Crippen LogP contribution in [0.2, 0.25) is 0 Å². The van der Waals surface area contributed by atoms with Gasteiger partial charge in [0.05, 0.1) is 26.0 Å². The van der Waals surface area contributed by atoms with Crippen molar-refractivity contribution in [3.05, 3.63) is 53.1 Å². The van der Waals surface area contributed by atoms with Gasteiger partial charge >= 0.3 is 5.97 Å². The van der Waals surface area contributed by atoms with Crippen molar-refractivity contribution >= 4 is 23.6 Å². The van der Waals surface area contributed by atoms with Gasteiger partial charge in [0.2, 0.25) is 0 Å². The average molecular weight is 438 g/mol. The van der Waals surface area contributed by atoms with Gasteiger partial charge in [0.15, 0.2) is 18.1 Å². The first-order valence-corrected chi connectivity index (χ1v) is 10.0. The summed E-state index contributed by atoms with van der Waals surface area (Å²) in [5.74, 6) is 0.155. The van der Waals surface area contributed by atoms with E-state index in [4.69, 9.17) is 18.9 Å². The predicted octanol–water partition coefficient (Wildman–Crippen LogP) is 3.89. The summed E-state index contributed by atoms with van der Waals surface area (Å²) in [6, 6.07) is 12.2. The number of anilines is 1. The topological polar surface area (TPSA) is 107 Å². The lowest BCUT2D eigenvalue weighted by Crippen LogP contribution is -2.15. The number of aryl methyl sites for hydroxylation is 1. The molecule has 0 atom stereocenters. The van der Waals surface area contributed by atoms with E-state index < -0.39 is 11.9 Å². The van der Waals surface area contributed by atoms with Crippen molar-refractivity contribution in [2.75, 3.05) is 32.2 Å². The minimum Gasteiger partial charge on any atom is -0.495 e. The number of methoxy groups -OCH3 is 1. The largest absolute Gasteiger partial charge is 0.495 e. The Balaban J connectivity index is 2.25. The molecule has 0 spiro atoms. The Kier molecular flexibility index (Phi) is 9.11. The second-order valence-electron chi connectivity index (χ2n) is 6.56. The van der Waals surface area contributed by atoms with Crippen LogP contribution in [0.1, 0.15) is 25.0 Å². The Labute approximate surface area is 187 Å². The van der Waals surface area contributed by atoms with Gasteiger partial charge in [-0.25, -0.2) is 4.79 Å². The lowest BCUT2D eigenvalue weighted by atomic mass is 10.1. The lowest BCUT2D eigenvalue weighted by Gasteiger charge is -2.13. The number of benzene rings is 2. The monoisotopic (exact) mass is 438 g/mol. The van der Waals surface area contributed by atoms with Gasteiger partial charge in [-0.05, 0) is 62.2 Å². The molecule has 0 fully saturated rings. The SMILES string of the molecule is CCOC(=O)COc1ccc(/C=C(\C#N)C(=O)Nc2cc(C)ccc2OC)cc1OCC. The Bertz CT molecular complexity index is 1040. The van der Waals surface area contributed by atoms with Gasteiger partial charge in [0.1, 0.15) is 17.4 Å². The van der Waals surface area contributed by atoms with Gasteiger partial charge in [0, 0.05) is 0 Å². The van der Waals surface area contributed by atoms with E-state index >= 15 is 0 Å². The minimum atomic E-state index is -0.572. The number of ether oxygens (including phenoxy) is 4. The molecule has 0 saturated carbocycles. The molecule has 0 aliphatic carbocycles.